The number of carbonyl (C=O) groups is 1. The van der Waals surface area contributed by atoms with Crippen LogP contribution in [0.5, 0.6) is 11.5 Å². The van der Waals surface area contributed by atoms with E-state index in [-0.39, 0.29) is 11.4 Å². The molecule has 1 fully saturated rings. The van der Waals surface area contributed by atoms with Gasteiger partial charge in [0.25, 0.3) is 5.91 Å². The highest BCUT2D eigenvalue weighted by molar-refractivity contribution is 5.95. The van der Waals surface area contributed by atoms with Gasteiger partial charge in [-0.05, 0) is 32.5 Å². The standard InChI is InChI=1S/C19H31N3O3/c1-6-21-7-9-22(10-8-21)19(2,3)14-20-18(23)15-11-16(24-4)13-17(12-15)25-5/h11-13H,6-10,14H2,1-5H3,(H,20,23). The average Bonchev–Trinajstić information content (AvgIpc) is 2.65. The molecule has 0 spiro atoms. The van der Waals surface area contributed by atoms with Crippen LogP contribution in [0.25, 0.3) is 0 Å². The van der Waals surface area contributed by atoms with Crippen molar-refractivity contribution in [2.45, 2.75) is 26.3 Å². The molecule has 1 aliphatic rings. The Kier molecular flexibility index (Phi) is 6.67. The van der Waals surface area contributed by atoms with Gasteiger partial charge in [0.05, 0.1) is 14.2 Å². The number of likely N-dealkylation sites (N-methyl/N-ethyl adjacent to an activating group) is 1. The topological polar surface area (TPSA) is 54.0 Å². The Morgan fingerprint density at radius 1 is 1.08 bits per heavy atom. The van der Waals surface area contributed by atoms with Crippen LogP contribution >= 0.6 is 0 Å². The van der Waals surface area contributed by atoms with E-state index in [1.165, 1.54) is 0 Å². The first kappa shape index (κ1) is 19.5. The lowest BCUT2D eigenvalue weighted by atomic mass is 10.0. The second-order valence-electron chi connectivity index (χ2n) is 7.02. The monoisotopic (exact) mass is 349 g/mol. The summed E-state index contributed by atoms with van der Waals surface area (Å²) < 4.78 is 10.5. The van der Waals surface area contributed by atoms with Gasteiger partial charge in [-0.2, -0.15) is 0 Å². The lowest BCUT2D eigenvalue weighted by Crippen LogP contribution is -2.58. The predicted octanol–water partition coefficient (Wildman–Crippen LogP) is 1.85. The summed E-state index contributed by atoms with van der Waals surface area (Å²) in [7, 11) is 3.16. The molecule has 0 unspecified atom stereocenters. The molecule has 1 amide bonds. The molecule has 0 bridgehead atoms. The molecule has 6 heteroatoms. The van der Waals surface area contributed by atoms with E-state index >= 15 is 0 Å². The summed E-state index contributed by atoms with van der Waals surface area (Å²) in [6.45, 7) is 12.5. The van der Waals surface area contributed by atoms with Crippen molar-refractivity contribution in [3.05, 3.63) is 23.8 Å². The van der Waals surface area contributed by atoms with Gasteiger partial charge in [0.15, 0.2) is 0 Å². The van der Waals surface area contributed by atoms with Gasteiger partial charge in [-0.1, -0.05) is 6.92 Å². The number of methoxy groups -OCH3 is 2. The minimum absolute atomic E-state index is 0.0849. The van der Waals surface area contributed by atoms with Gasteiger partial charge in [0, 0.05) is 49.9 Å². The zero-order chi connectivity index (χ0) is 18.4. The fourth-order valence-corrected chi connectivity index (χ4v) is 3.12. The van der Waals surface area contributed by atoms with E-state index in [2.05, 4.69) is 35.9 Å². The second-order valence-corrected chi connectivity index (χ2v) is 7.02. The zero-order valence-corrected chi connectivity index (χ0v) is 16.1. The summed E-state index contributed by atoms with van der Waals surface area (Å²) >= 11 is 0. The Labute approximate surface area is 151 Å². The molecule has 1 aliphatic heterocycles. The third-order valence-corrected chi connectivity index (χ3v) is 4.97. The van der Waals surface area contributed by atoms with Crippen molar-refractivity contribution in [3.63, 3.8) is 0 Å². The van der Waals surface area contributed by atoms with E-state index in [0.717, 1.165) is 32.7 Å². The third-order valence-electron chi connectivity index (χ3n) is 4.97. The Hall–Kier alpha value is -1.79. The molecule has 1 saturated heterocycles. The normalized spacial score (nSPS) is 16.5. The van der Waals surface area contributed by atoms with Crippen LogP contribution < -0.4 is 14.8 Å². The van der Waals surface area contributed by atoms with Crippen LogP contribution in [0.15, 0.2) is 18.2 Å². The summed E-state index contributed by atoms with van der Waals surface area (Å²) in [5.41, 5.74) is 0.459. The number of ether oxygens (including phenoxy) is 2. The summed E-state index contributed by atoms with van der Waals surface area (Å²) in [6.07, 6.45) is 0. The predicted molar refractivity (Wildman–Crippen MR) is 99.6 cm³/mol. The van der Waals surface area contributed by atoms with Gasteiger partial charge in [-0.25, -0.2) is 0 Å². The molecule has 0 atom stereocenters. The molecule has 1 aromatic carbocycles. The van der Waals surface area contributed by atoms with E-state index in [1.807, 2.05) is 0 Å². The van der Waals surface area contributed by atoms with Crippen LogP contribution in [0.4, 0.5) is 0 Å². The van der Waals surface area contributed by atoms with Crippen LogP contribution in [0.3, 0.4) is 0 Å². The van der Waals surface area contributed by atoms with Crippen molar-refractivity contribution < 1.29 is 14.3 Å². The van der Waals surface area contributed by atoms with Crippen molar-refractivity contribution in [1.82, 2.24) is 15.1 Å². The van der Waals surface area contributed by atoms with E-state index in [4.69, 9.17) is 9.47 Å². The van der Waals surface area contributed by atoms with Crippen LogP contribution in [0.1, 0.15) is 31.1 Å². The zero-order valence-electron chi connectivity index (χ0n) is 16.1. The highest BCUT2D eigenvalue weighted by atomic mass is 16.5. The van der Waals surface area contributed by atoms with Crippen LogP contribution in [-0.4, -0.2) is 74.7 Å². The number of amides is 1. The lowest BCUT2D eigenvalue weighted by Gasteiger charge is -2.44. The Balaban J connectivity index is 1.96. The number of hydrogen-bond acceptors (Lipinski definition) is 5. The number of hydrogen-bond donors (Lipinski definition) is 1. The largest absolute Gasteiger partial charge is 0.497 e. The fourth-order valence-electron chi connectivity index (χ4n) is 3.12. The Morgan fingerprint density at radius 2 is 1.64 bits per heavy atom. The van der Waals surface area contributed by atoms with Gasteiger partial charge in [-0.15, -0.1) is 0 Å². The van der Waals surface area contributed by atoms with E-state index in [0.29, 0.717) is 23.6 Å². The molecule has 0 radical (unpaired) electrons. The molecule has 0 aliphatic carbocycles. The molecule has 1 aromatic rings. The lowest BCUT2D eigenvalue weighted by molar-refractivity contribution is 0.0521. The van der Waals surface area contributed by atoms with Crippen molar-refractivity contribution in [2.75, 3.05) is 53.5 Å². The minimum atomic E-state index is -0.113. The van der Waals surface area contributed by atoms with Gasteiger partial charge >= 0.3 is 0 Å². The maximum atomic E-state index is 12.6. The molecule has 25 heavy (non-hydrogen) atoms. The summed E-state index contributed by atoms with van der Waals surface area (Å²) in [5.74, 6) is 1.11. The van der Waals surface area contributed by atoms with E-state index in [9.17, 15) is 4.79 Å². The van der Waals surface area contributed by atoms with Crippen LogP contribution in [0.2, 0.25) is 0 Å². The number of piperazine rings is 1. The Bertz CT molecular complexity index is 559. The first-order valence-corrected chi connectivity index (χ1v) is 8.88. The fraction of sp³-hybridized carbons (Fsp3) is 0.632. The third kappa shape index (κ3) is 5.09. The molecular weight excluding hydrogens is 318 g/mol. The summed E-state index contributed by atoms with van der Waals surface area (Å²) in [4.78, 5) is 17.5. The SMILES string of the molecule is CCN1CCN(C(C)(C)CNC(=O)c2cc(OC)cc(OC)c2)CC1. The number of nitrogens with one attached hydrogen (secondary N) is 1. The van der Waals surface area contributed by atoms with E-state index in [1.54, 1.807) is 32.4 Å². The molecule has 0 saturated carbocycles. The van der Waals surface area contributed by atoms with Gasteiger partial charge < -0.3 is 19.7 Å². The molecule has 0 aromatic heterocycles. The van der Waals surface area contributed by atoms with Crippen LogP contribution in [-0.2, 0) is 0 Å². The molecule has 2 rings (SSSR count). The van der Waals surface area contributed by atoms with Crippen LogP contribution in [0, 0.1) is 0 Å². The molecule has 1 heterocycles. The molecule has 140 valence electrons. The van der Waals surface area contributed by atoms with Crippen molar-refractivity contribution >= 4 is 5.91 Å². The average molecular weight is 349 g/mol. The minimum Gasteiger partial charge on any atom is -0.497 e. The number of carbonyl (C=O) groups excluding carboxylic acids is 1. The maximum Gasteiger partial charge on any atom is 0.251 e. The quantitative estimate of drug-likeness (QED) is 0.814. The Morgan fingerprint density at radius 3 is 2.12 bits per heavy atom. The molecular formula is C19H31N3O3. The van der Waals surface area contributed by atoms with Gasteiger partial charge in [0.1, 0.15) is 11.5 Å². The highest BCUT2D eigenvalue weighted by Gasteiger charge is 2.30. The van der Waals surface area contributed by atoms with Gasteiger partial charge in [0.2, 0.25) is 0 Å². The van der Waals surface area contributed by atoms with Crippen molar-refractivity contribution in [3.8, 4) is 11.5 Å². The summed E-state index contributed by atoms with van der Waals surface area (Å²) in [6, 6.07) is 5.21. The molecule has 1 N–H and O–H groups in total. The number of rotatable bonds is 7. The highest BCUT2D eigenvalue weighted by Crippen LogP contribution is 2.23. The second kappa shape index (κ2) is 8.54. The smallest absolute Gasteiger partial charge is 0.251 e. The van der Waals surface area contributed by atoms with Crippen molar-refractivity contribution in [2.24, 2.45) is 0 Å². The first-order chi connectivity index (χ1) is 11.9. The first-order valence-electron chi connectivity index (χ1n) is 8.88. The van der Waals surface area contributed by atoms with E-state index < -0.39 is 0 Å². The van der Waals surface area contributed by atoms with Gasteiger partial charge in [-0.3, -0.25) is 9.69 Å². The van der Waals surface area contributed by atoms with Crippen molar-refractivity contribution in [1.29, 1.82) is 0 Å². The summed E-state index contributed by atoms with van der Waals surface area (Å²) in [5, 5.41) is 3.06. The number of nitrogens with zero attached hydrogens (tertiary/aromatic N) is 2. The molecule has 6 nitrogen and oxygen atoms in total. The maximum absolute atomic E-state index is 12.6. The number of benzene rings is 1.